The Labute approximate surface area is 174 Å². The highest BCUT2D eigenvalue weighted by Gasteiger charge is 2.26. The van der Waals surface area contributed by atoms with E-state index in [0.29, 0.717) is 41.8 Å². The van der Waals surface area contributed by atoms with Crippen LogP contribution in [0.2, 0.25) is 0 Å². The van der Waals surface area contributed by atoms with Crippen LogP contribution in [0.4, 0.5) is 29.7 Å². The Morgan fingerprint density at radius 3 is 2.70 bits per heavy atom. The first-order valence-electron chi connectivity index (χ1n) is 9.06. The fourth-order valence-corrected chi connectivity index (χ4v) is 3.77. The van der Waals surface area contributed by atoms with Gasteiger partial charge in [-0.1, -0.05) is 0 Å². The van der Waals surface area contributed by atoms with E-state index >= 15 is 0 Å². The topological polar surface area (TPSA) is 83.0 Å². The molecule has 2 N–H and O–H groups in total. The molecule has 4 rings (SSSR count). The third-order valence-electron chi connectivity index (χ3n) is 4.51. The quantitative estimate of drug-likeness (QED) is 0.616. The van der Waals surface area contributed by atoms with E-state index in [-0.39, 0.29) is 11.3 Å². The molecule has 1 amide bonds. The smallest absolute Gasteiger partial charge is 0.260 e. The van der Waals surface area contributed by atoms with E-state index in [9.17, 15) is 18.0 Å². The average molecular weight is 434 g/mol. The molecule has 0 saturated carbocycles. The fraction of sp³-hybridized carbons (Fsp3) is 0.263. The van der Waals surface area contributed by atoms with E-state index in [1.807, 2.05) is 4.90 Å². The molecule has 1 aliphatic rings. The lowest BCUT2D eigenvalue weighted by atomic mass is 10.2. The molecular weight excluding hydrogens is 417 g/mol. The molecule has 156 valence electrons. The van der Waals surface area contributed by atoms with Gasteiger partial charge in [-0.25, -0.2) is 18.2 Å². The number of aryl methyl sites for hydroxylation is 1. The summed E-state index contributed by atoms with van der Waals surface area (Å²) in [6, 6.07) is 3.11. The molecule has 7 nitrogen and oxygen atoms in total. The van der Waals surface area contributed by atoms with Crippen molar-refractivity contribution in [1.29, 1.82) is 0 Å². The molecule has 3 heterocycles. The van der Waals surface area contributed by atoms with Crippen LogP contribution >= 0.6 is 11.5 Å². The van der Waals surface area contributed by atoms with Crippen LogP contribution < -0.4 is 10.6 Å². The van der Waals surface area contributed by atoms with Gasteiger partial charge in [-0.3, -0.25) is 14.7 Å². The molecule has 0 radical (unpaired) electrons. The van der Waals surface area contributed by atoms with E-state index in [1.165, 1.54) is 12.3 Å². The van der Waals surface area contributed by atoms with Gasteiger partial charge in [0.2, 0.25) is 0 Å². The predicted molar refractivity (Wildman–Crippen MR) is 107 cm³/mol. The molecule has 2 aromatic heterocycles. The number of amides is 1. The Bertz CT molecular complexity index is 1070. The molecule has 0 unspecified atom stereocenters. The van der Waals surface area contributed by atoms with E-state index in [1.54, 1.807) is 13.1 Å². The van der Waals surface area contributed by atoms with Gasteiger partial charge >= 0.3 is 0 Å². The Kier molecular flexibility index (Phi) is 5.64. The van der Waals surface area contributed by atoms with Crippen LogP contribution in [0.3, 0.4) is 0 Å². The summed E-state index contributed by atoms with van der Waals surface area (Å²) in [7, 11) is 0. The predicted octanol–water partition coefficient (Wildman–Crippen LogP) is 3.67. The molecule has 0 aliphatic carbocycles. The summed E-state index contributed by atoms with van der Waals surface area (Å²) in [5, 5.41) is 5.99. The Morgan fingerprint density at radius 2 is 2.03 bits per heavy atom. The summed E-state index contributed by atoms with van der Waals surface area (Å²) in [4.78, 5) is 23.2. The summed E-state index contributed by atoms with van der Waals surface area (Å²) < 4.78 is 43.6. The van der Waals surface area contributed by atoms with Crippen LogP contribution in [0.25, 0.3) is 0 Å². The third kappa shape index (κ3) is 4.41. The standard InChI is InChI=1S/C19H17F3N6OS/c1-10-17(18(29)25-12-2-3-14(21)15(22)4-12)19(30-27-10)26-16-6-23-13(5-24-16)9-28-7-11(20)8-28/h2-6,11H,7-9H2,1H3,(H,24,26)(H,25,29). The lowest BCUT2D eigenvalue weighted by Crippen LogP contribution is -2.47. The van der Waals surface area contributed by atoms with Gasteiger partial charge in [0.1, 0.15) is 17.0 Å². The first-order chi connectivity index (χ1) is 14.4. The molecule has 0 spiro atoms. The van der Waals surface area contributed by atoms with Crippen molar-refractivity contribution in [3.05, 3.63) is 59.2 Å². The monoisotopic (exact) mass is 434 g/mol. The number of hydrogen-bond acceptors (Lipinski definition) is 7. The maximum atomic E-state index is 13.4. The minimum atomic E-state index is -1.05. The fourth-order valence-electron chi connectivity index (χ4n) is 2.97. The van der Waals surface area contributed by atoms with E-state index in [2.05, 4.69) is 25.0 Å². The molecule has 30 heavy (non-hydrogen) atoms. The summed E-state index contributed by atoms with van der Waals surface area (Å²) in [6.07, 6.45) is 2.33. The number of likely N-dealkylation sites (tertiary alicyclic amines) is 1. The number of aromatic nitrogens is 3. The molecule has 1 fully saturated rings. The molecule has 0 bridgehead atoms. The Balaban J connectivity index is 1.45. The highest BCUT2D eigenvalue weighted by atomic mass is 32.1. The first-order valence-corrected chi connectivity index (χ1v) is 9.83. The third-order valence-corrected chi connectivity index (χ3v) is 5.37. The van der Waals surface area contributed by atoms with Gasteiger partial charge < -0.3 is 10.6 Å². The van der Waals surface area contributed by atoms with Crippen molar-refractivity contribution >= 4 is 33.9 Å². The van der Waals surface area contributed by atoms with Crippen LogP contribution in [0.5, 0.6) is 0 Å². The summed E-state index contributed by atoms with van der Waals surface area (Å²) in [5.41, 5.74) is 1.58. The van der Waals surface area contributed by atoms with Crippen LogP contribution in [0.1, 0.15) is 21.7 Å². The first kappa shape index (κ1) is 20.2. The van der Waals surface area contributed by atoms with Crippen molar-refractivity contribution in [2.45, 2.75) is 19.6 Å². The zero-order chi connectivity index (χ0) is 21.3. The second-order valence-electron chi connectivity index (χ2n) is 6.86. The highest BCUT2D eigenvalue weighted by Crippen LogP contribution is 2.28. The number of benzene rings is 1. The largest absolute Gasteiger partial charge is 0.329 e. The number of nitrogens with one attached hydrogen (secondary N) is 2. The van der Waals surface area contributed by atoms with Crippen molar-refractivity contribution in [1.82, 2.24) is 19.2 Å². The summed E-state index contributed by atoms with van der Waals surface area (Å²) in [5.74, 6) is -2.15. The minimum Gasteiger partial charge on any atom is -0.329 e. The summed E-state index contributed by atoms with van der Waals surface area (Å²) in [6.45, 7) is 2.99. The van der Waals surface area contributed by atoms with Crippen LogP contribution in [0.15, 0.2) is 30.6 Å². The molecule has 1 aromatic carbocycles. The van der Waals surface area contributed by atoms with E-state index in [4.69, 9.17) is 0 Å². The van der Waals surface area contributed by atoms with Gasteiger partial charge in [0, 0.05) is 31.4 Å². The maximum Gasteiger partial charge on any atom is 0.260 e. The lowest BCUT2D eigenvalue weighted by Gasteiger charge is -2.33. The molecular formula is C19H17F3N6OS. The van der Waals surface area contributed by atoms with Gasteiger partial charge in [0.05, 0.1) is 29.3 Å². The van der Waals surface area contributed by atoms with E-state index in [0.717, 1.165) is 23.7 Å². The number of alkyl halides is 1. The SMILES string of the molecule is Cc1nsc(Nc2cnc(CN3CC(F)C3)cn2)c1C(=O)Nc1ccc(F)c(F)c1. The maximum absolute atomic E-state index is 13.4. The molecule has 3 aromatic rings. The number of carbonyl (C=O) groups excluding carboxylic acids is 1. The lowest BCUT2D eigenvalue weighted by molar-refractivity contribution is 0.0579. The van der Waals surface area contributed by atoms with Gasteiger partial charge in [0.25, 0.3) is 5.91 Å². The van der Waals surface area contributed by atoms with Gasteiger partial charge in [0.15, 0.2) is 11.6 Å². The van der Waals surface area contributed by atoms with Crippen molar-refractivity contribution in [2.24, 2.45) is 0 Å². The number of rotatable bonds is 6. The van der Waals surface area contributed by atoms with Gasteiger partial charge in [-0.05, 0) is 30.6 Å². The van der Waals surface area contributed by atoms with Crippen LogP contribution in [0, 0.1) is 18.6 Å². The normalized spacial score (nSPS) is 14.4. The Morgan fingerprint density at radius 1 is 1.23 bits per heavy atom. The van der Waals surface area contributed by atoms with Gasteiger partial charge in [-0.2, -0.15) is 4.37 Å². The number of nitrogens with zero attached hydrogens (tertiary/aromatic N) is 4. The molecule has 0 atom stereocenters. The van der Waals surface area contributed by atoms with Gasteiger partial charge in [-0.15, -0.1) is 0 Å². The Hall–Kier alpha value is -3.05. The van der Waals surface area contributed by atoms with Crippen LogP contribution in [-0.2, 0) is 6.54 Å². The minimum absolute atomic E-state index is 0.126. The number of halogens is 3. The molecule has 11 heteroatoms. The van der Waals surface area contributed by atoms with Crippen molar-refractivity contribution < 1.29 is 18.0 Å². The molecule has 1 aliphatic heterocycles. The second-order valence-corrected chi connectivity index (χ2v) is 7.64. The summed E-state index contributed by atoms with van der Waals surface area (Å²) >= 11 is 1.07. The van der Waals surface area contributed by atoms with Crippen molar-refractivity contribution in [2.75, 3.05) is 23.7 Å². The number of carbonyl (C=O) groups is 1. The number of hydrogen-bond donors (Lipinski definition) is 2. The highest BCUT2D eigenvalue weighted by molar-refractivity contribution is 7.10. The van der Waals surface area contributed by atoms with Crippen molar-refractivity contribution in [3.63, 3.8) is 0 Å². The zero-order valence-electron chi connectivity index (χ0n) is 15.8. The zero-order valence-corrected chi connectivity index (χ0v) is 16.6. The average Bonchev–Trinajstić information content (AvgIpc) is 3.05. The van der Waals surface area contributed by atoms with E-state index < -0.39 is 23.7 Å². The molecule has 1 saturated heterocycles. The number of anilines is 3. The van der Waals surface area contributed by atoms with Crippen LogP contribution in [-0.4, -0.2) is 44.4 Å². The second kappa shape index (κ2) is 8.36. The van der Waals surface area contributed by atoms with Crippen molar-refractivity contribution in [3.8, 4) is 0 Å².